The molecule has 5 nitrogen and oxygen atoms in total. The maximum atomic E-state index is 7.32. The van der Waals surface area contributed by atoms with Gasteiger partial charge < -0.3 is 25.0 Å². The Morgan fingerprint density at radius 3 is 0.800 bits per heavy atom. The van der Waals surface area contributed by atoms with Crippen molar-refractivity contribution in [3.05, 3.63) is 5.41 Å². The maximum absolute atomic E-state index is 7.32. The number of likely N-dealkylation sites (N-methyl/N-ethyl adjacent to an activating group) is 4. The molecule has 1 aliphatic rings. The Hall–Kier alpha value is -0.0865. The third-order valence-electron chi connectivity index (χ3n) is 3.45. The summed E-state index contributed by atoms with van der Waals surface area (Å²) >= 11 is 0. The molecule has 0 N–H and O–H groups in total. The monoisotopic (exact) mass is 327 g/mol. The summed E-state index contributed by atoms with van der Waals surface area (Å²) in [7, 11) is 8.89. The summed E-state index contributed by atoms with van der Waals surface area (Å²) in [5.74, 6) is 0. The van der Waals surface area contributed by atoms with Crippen molar-refractivity contribution in [3.63, 3.8) is 0 Å². The zero-order chi connectivity index (χ0) is 14.7. The smallest absolute Gasteiger partial charge is 0.515 e. The van der Waals surface area contributed by atoms with Crippen molar-refractivity contribution in [2.24, 2.45) is 0 Å². The molecule has 1 saturated heterocycles. The molecule has 0 bridgehead atoms. The van der Waals surface area contributed by atoms with E-state index < -0.39 is 0 Å². The van der Waals surface area contributed by atoms with Crippen LogP contribution < -0.4 is 0 Å². The number of hydrogen-bond donors (Lipinski definition) is 0. The molecule has 120 valence electrons. The molecule has 0 aliphatic carbocycles. The van der Waals surface area contributed by atoms with Crippen LogP contribution in [0.2, 0.25) is 0 Å². The van der Waals surface area contributed by atoms with Crippen molar-refractivity contribution in [2.75, 3.05) is 80.5 Å². The Labute approximate surface area is 135 Å². The molecule has 0 amide bonds. The van der Waals surface area contributed by atoms with Gasteiger partial charge in [-0.2, -0.15) is 0 Å². The van der Waals surface area contributed by atoms with Crippen molar-refractivity contribution >= 4 is 6.21 Å². The third kappa shape index (κ3) is 12.9. The summed E-state index contributed by atoms with van der Waals surface area (Å²) in [5.41, 5.74) is 0. The van der Waals surface area contributed by atoms with E-state index in [4.69, 9.17) is 5.41 Å². The minimum absolute atomic E-state index is 0. The molecular weight excluding hydrogens is 297 g/mol. The van der Waals surface area contributed by atoms with Gasteiger partial charge in [-0.1, -0.05) is 0 Å². The van der Waals surface area contributed by atoms with Crippen molar-refractivity contribution < 1.29 is 16.5 Å². The van der Waals surface area contributed by atoms with Gasteiger partial charge >= 0.3 is 16.5 Å². The molecule has 6 heteroatoms. The predicted octanol–water partition coefficient (Wildman–Crippen LogP) is 0.248. The minimum atomic E-state index is 0. The van der Waals surface area contributed by atoms with Gasteiger partial charge in [0.15, 0.2) is 0 Å². The van der Waals surface area contributed by atoms with Crippen LogP contribution in [0.3, 0.4) is 0 Å². The first-order valence-electron chi connectivity index (χ1n) is 7.04. The zero-order valence-corrected chi connectivity index (χ0v) is 14.7. The van der Waals surface area contributed by atoms with E-state index in [1.54, 1.807) is 6.21 Å². The quantitative estimate of drug-likeness (QED) is 0.363. The topological polar surface area (TPSA) is 35.3 Å². The number of nitrogens with zero attached hydrogens (tertiary/aromatic N) is 5. The summed E-state index contributed by atoms with van der Waals surface area (Å²) in [6.45, 7) is 10.8. The van der Waals surface area contributed by atoms with E-state index in [-0.39, 0.29) is 16.5 Å². The second kappa shape index (κ2) is 13.9. The summed E-state index contributed by atoms with van der Waals surface area (Å²) in [6, 6.07) is 0. The first-order valence-corrected chi connectivity index (χ1v) is 7.04. The van der Waals surface area contributed by atoms with Gasteiger partial charge in [0.25, 0.3) is 0 Å². The first-order chi connectivity index (χ1) is 8.99. The molecule has 0 saturated carbocycles. The van der Waals surface area contributed by atoms with Crippen LogP contribution >= 0.6 is 0 Å². The van der Waals surface area contributed by atoms with Crippen LogP contribution in [0.25, 0.3) is 5.41 Å². The van der Waals surface area contributed by atoms with Gasteiger partial charge in [0.05, 0.1) is 0 Å². The zero-order valence-electron chi connectivity index (χ0n) is 13.7. The van der Waals surface area contributed by atoms with Gasteiger partial charge in [-0.25, -0.2) is 0 Å². The van der Waals surface area contributed by atoms with Crippen molar-refractivity contribution in [1.29, 1.82) is 0 Å². The van der Waals surface area contributed by atoms with Gasteiger partial charge in [0.2, 0.25) is 0 Å². The molecule has 0 aromatic rings. The molecule has 0 spiro atoms. The fourth-order valence-electron chi connectivity index (χ4n) is 1.81. The molecule has 0 aromatic heterocycles. The van der Waals surface area contributed by atoms with Crippen LogP contribution in [0, 0.1) is 0 Å². The summed E-state index contributed by atoms with van der Waals surface area (Å²) in [5, 5.41) is 7.32. The van der Waals surface area contributed by atoms with Crippen LogP contribution in [0.4, 0.5) is 0 Å². The van der Waals surface area contributed by atoms with Gasteiger partial charge in [0.1, 0.15) is 13.1 Å². The van der Waals surface area contributed by atoms with Gasteiger partial charge in [0, 0.05) is 52.4 Å². The summed E-state index contributed by atoms with van der Waals surface area (Å²) in [6.07, 6.45) is 1.75. The second-order valence-corrected chi connectivity index (χ2v) is 5.44. The molecule has 0 unspecified atom stereocenters. The molecule has 0 radical (unpaired) electrons. The number of rotatable bonds is 0. The molecule has 1 heterocycles. The summed E-state index contributed by atoms with van der Waals surface area (Å²) in [4.78, 5) is 9.72. The van der Waals surface area contributed by atoms with E-state index in [0.29, 0.717) is 0 Å². The molecule has 1 rings (SSSR count). The Morgan fingerprint density at radius 1 is 0.600 bits per heavy atom. The van der Waals surface area contributed by atoms with Gasteiger partial charge in [-0.05, 0) is 28.2 Å². The van der Waals surface area contributed by atoms with E-state index in [1.165, 1.54) is 59.3 Å². The maximum Gasteiger partial charge on any atom is 2.00 e. The standard InChI is InChI=1S/C12H28N4.C2H3N.Ni/c1-13-5-7-14(2)9-11-16(4)12-10-15(3)8-6-13;1-2-3;/h5-12H2,1-4H3;1H3;/q;;+2. The molecule has 0 aromatic carbocycles. The fourth-order valence-corrected chi connectivity index (χ4v) is 1.81. The SMILES string of the molecule is CN1CCN(C)CCN(C)CCN(C)CC1.C[C+]=[N-].[Ni+2]. The van der Waals surface area contributed by atoms with Crippen molar-refractivity contribution in [1.82, 2.24) is 19.6 Å². The largest absolute Gasteiger partial charge is 2.00 e. The van der Waals surface area contributed by atoms with Crippen LogP contribution in [-0.4, -0.2) is 106 Å². The average Bonchev–Trinajstić information content (AvgIpc) is 2.38. The van der Waals surface area contributed by atoms with Crippen molar-refractivity contribution in [3.8, 4) is 0 Å². The van der Waals surface area contributed by atoms with Crippen LogP contribution in [0.1, 0.15) is 6.92 Å². The summed E-state index contributed by atoms with van der Waals surface area (Å²) < 4.78 is 0. The van der Waals surface area contributed by atoms with Crippen LogP contribution in [0.15, 0.2) is 0 Å². The molecular formula is C14H31N5Ni+2. The molecule has 20 heavy (non-hydrogen) atoms. The number of hydrogen-bond acceptors (Lipinski definition) is 4. The predicted molar refractivity (Wildman–Crippen MR) is 84.0 cm³/mol. The fraction of sp³-hybridized carbons (Fsp3) is 0.929. The van der Waals surface area contributed by atoms with Gasteiger partial charge in [-0.3, -0.25) is 0 Å². The van der Waals surface area contributed by atoms with E-state index in [0.717, 1.165) is 0 Å². The Morgan fingerprint density at radius 2 is 0.700 bits per heavy atom. The van der Waals surface area contributed by atoms with E-state index in [9.17, 15) is 0 Å². The molecule has 1 aliphatic heterocycles. The average molecular weight is 328 g/mol. The Bertz CT molecular complexity index is 172. The Balaban J connectivity index is 0. The first kappa shape index (κ1) is 22.2. The van der Waals surface area contributed by atoms with Gasteiger partial charge in [-0.15, -0.1) is 0 Å². The molecule has 1 fully saturated rings. The van der Waals surface area contributed by atoms with E-state index in [1.807, 2.05) is 0 Å². The second-order valence-electron chi connectivity index (χ2n) is 5.44. The third-order valence-corrected chi connectivity index (χ3v) is 3.45. The minimum Gasteiger partial charge on any atom is -0.515 e. The van der Waals surface area contributed by atoms with Crippen molar-refractivity contribution in [2.45, 2.75) is 6.92 Å². The van der Waals surface area contributed by atoms with E-state index in [2.05, 4.69) is 47.8 Å². The van der Waals surface area contributed by atoms with E-state index >= 15 is 0 Å². The van der Waals surface area contributed by atoms with Crippen LogP contribution in [0.5, 0.6) is 0 Å². The normalized spacial score (nSPS) is 21.4. The molecule has 0 atom stereocenters. The Kier molecular flexibility index (Phi) is 15.4. The van der Waals surface area contributed by atoms with Crippen LogP contribution in [-0.2, 0) is 16.5 Å².